The van der Waals surface area contributed by atoms with Crippen molar-refractivity contribution >= 4 is 66.7 Å². The van der Waals surface area contributed by atoms with Gasteiger partial charge in [0.05, 0.1) is 22.1 Å². The van der Waals surface area contributed by atoms with Gasteiger partial charge < -0.3 is 0 Å². The number of hydrogen-bond donors (Lipinski definition) is 0. The van der Waals surface area contributed by atoms with Crippen molar-refractivity contribution in [2.75, 3.05) is 0 Å². The van der Waals surface area contributed by atoms with Crippen molar-refractivity contribution in [2.24, 2.45) is 0 Å². The van der Waals surface area contributed by atoms with Crippen LogP contribution in [0, 0.1) is 0 Å². The van der Waals surface area contributed by atoms with Gasteiger partial charge in [-0.05, 0) is 35.2 Å². The highest BCUT2D eigenvalue weighted by Gasteiger charge is 2.42. The lowest BCUT2D eigenvalue weighted by Gasteiger charge is -2.32. The van der Waals surface area contributed by atoms with Crippen LogP contribution in [-0.2, 0) is 0 Å². The zero-order valence-electron chi connectivity index (χ0n) is 20.7. The standard InChI is InChI=1S/C33H18BN5/c1-3-16-26-19(9-1)21-11-7-13-23-29(21)38(26)32-28-33(37-31(36-32)25-15-5-6-18-35-25)39-27-17-4-2-10-20(27)22-12-8-14-24(30(22)39)34(23)28/h1-18H. The van der Waals surface area contributed by atoms with Crippen LogP contribution in [0.3, 0.4) is 0 Å². The third-order valence-electron chi connectivity index (χ3n) is 8.59. The van der Waals surface area contributed by atoms with Crippen LogP contribution in [0.1, 0.15) is 0 Å². The summed E-state index contributed by atoms with van der Waals surface area (Å²) in [5.41, 5.74) is 9.30. The number of benzene rings is 4. The molecule has 4 aromatic heterocycles. The maximum atomic E-state index is 5.30. The molecular formula is C33H18BN5. The van der Waals surface area contributed by atoms with Crippen LogP contribution in [0.25, 0.3) is 66.8 Å². The number of fused-ring (bicyclic) bond motifs is 10. The van der Waals surface area contributed by atoms with Crippen molar-refractivity contribution in [1.82, 2.24) is 24.1 Å². The molecule has 39 heavy (non-hydrogen) atoms. The van der Waals surface area contributed by atoms with E-state index in [1.54, 1.807) is 0 Å². The summed E-state index contributed by atoms with van der Waals surface area (Å²) < 4.78 is 4.72. The van der Waals surface area contributed by atoms with Gasteiger partial charge in [-0.2, -0.15) is 0 Å². The van der Waals surface area contributed by atoms with Crippen LogP contribution in [-0.4, -0.2) is 30.8 Å². The first-order valence-corrected chi connectivity index (χ1v) is 13.3. The highest BCUT2D eigenvalue weighted by Crippen LogP contribution is 2.38. The topological polar surface area (TPSA) is 48.5 Å². The summed E-state index contributed by atoms with van der Waals surface area (Å²) in [5, 5.41) is 4.99. The van der Waals surface area contributed by atoms with Gasteiger partial charge in [0, 0.05) is 33.2 Å². The van der Waals surface area contributed by atoms with Crippen molar-refractivity contribution < 1.29 is 0 Å². The second-order valence-corrected chi connectivity index (χ2v) is 10.4. The molecule has 10 rings (SSSR count). The SMILES string of the molecule is c1ccc(-c2nc3c4c(n2)-n2c5ccccc5c5cccc(c52)B4c2cccc4c5ccccc5n-3c24)nc1. The van der Waals surface area contributed by atoms with Crippen LogP contribution in [0.2, 0.25) is 0 Å². The van der Waals surface area contributed by atoms with Gasteiger partial charge >= 0.3 is 0 Å². The van der Waals surface area contributed by atoms with Gasteiger partial charge in [0.15, 0.2) is 5.82 Å². The van der Waals surface area contributed by atoms with Crippen LogP contribution >= 0.6 is 0 Å². The summed E-state index contributed by atoms with van der Waals surface area (Å²) in [6, 6.07) is 36.7. The molecule has 0 saturated carbocycles. The molecule has 0 radical (unpaired) electrons. The third-order valence-corrected chi connectivity index (χ3v) is 8.59. The van der Waals surface area contributed by atoms with Crippen LogP contribution in [0.15, 0.2) is 109 Å². The van der Waals surface area contributed by atoms with E-state index in [1.807, 2.05) is 24.4 Å². The van der Waals surface area contributed by atoms with Crippen molar-refractivity contribution in [2.45, 2.75) is 0 Å². The first-order valence-electron chi connectivity index (χ1n) is 13.3. The first-order chi connectivity index (χ1) is 19.4. The molecule has 0 unspecified atom stereocenters. The molecule has 0 amide bonds. The van der Waals surface area contributed by atoms with Gasteiger partial charge in [0.2, 0.25) is 0 Å². The van der Waals surface area contributed by atoms with Crippen LogP contribution in [0.4, 0.5) is 0 Å². The minimum atomic E-state index is 0.0359. The monoisotopic (exact) mass is 495 g/mol. The predicted molar refractivity (Wildman–Crippen MR) is 159 cm³/mol. The molecule has 0 N–H and O–H groups in total. The Bertz CT molecular complexity index is 2210. The zero-order chi connectivity index (χ0) is 25.2. The molecule has 0 atom stereocenters. The summed E-state index contributed by atoms with van der Waals surface area (Å²) >= 11 is 0. The van der Waals surface area contributed by atoms with Gasteiger partial charge in [0.1, 0.15) is 17.3 Å². The van der Waals surface area contributed by atoms with Crippen LogP contribution in [0.5, 0.6) is 0 Å². The number of pyridine rings is 1. The van der Waals surface area contributed by atoms with Crippen molar-refractivity contribution in [3.8, 4) is 23.2 Å². The summed E-state index contributed by atoms with van der Waals surface area (Å²) in [5.74, 6) is 2.52. The molecule has 5 nitrogen and oxygen atoms in total. The number of aromatic nitrogens is 5. The third kappa shape index (κ3) is 2.28. The summed E-state index contributed by atoms with van der Waals surface area (Å²) in [6.07, 6.45) is 1.81. The van der Waals surface area contributed by atoms with E-state index in [1.165, 1.54) is 43.5 Å². The van der Waals surface area contributed by atoms with Gasteiger partial charge in [-0.15, -0.1) is 0 Å². The first kappa shape index (κ1) is 19.8. The Morgan fingerprint density at radius 1 is 0.513 bits per heavy atom. The van der Waals surface area contributed by atoms with E-state index in [2.05, 4.69) is 99.0 Å². The number of hydrogen-bond acceptors (Lipinski definition) is 3. The molecule has 4 aromatic carbocycles. The van der Waals surface area contributed by atoms with E-state index < -0.39 is 0 Å². The maximum absolute atomic E-state index is 5.30. The Balaban J connectivity index is 1.49. The molecular weight excluding hydrogens is 477 g/mol. The average Bonchev–Trinajstić information content (AvgIpc) is 3.52. The molecule has 6 heteroatoms. The van der Waals surface area contributed by atoms with E-state index in [0.717, 1.165) is 33.8 Å². The number of nitrogens with zero attached hydrogens (tertiary/aromatic N) is 5. The van der Waals surface area contributed by atoms with Crippen LogP contribution < -0.4 is 16.4 Å². The molecule has 0 aliphatic carbocycles. The lowest BCUT2D eigenvalue weighted by Crippen LogP contribution is -2.60. The van der Waals surface area contributed by atoms with E-state index >= 15 is 0 Å². The average molecular weight is 495 g/mol. The fourth-order valence-electron chi connectivity index (χ4n) is 7.13. The summed E-state index contributed by atoms with van der Waals surface area (Å²) in [6.45, 7) is 0.0359. The summed E-state index contributed by atoms with van der Waals surface area (Å²) in [7, 11) is 0. The van der Waals surface area contributed by atoms with Crippen molar-refractivity contribution in [3.05, 3.63) is 109 Å². The molecule has 0 saturated heterocycles. The minimum absolute atomic E-state index is 0.0359. The Morgan fingerprint density at radius 3 is 1.62 bits per heavy atom. The molecule has 0 spiro atoms. The zero-order valence-corrected chi connectivity index (χ0v) is 20.7. The van der Waals surface area contributed by atoms with E-state index in [0.29, 0.717) is 5.82 Å². The lowest BCUT2D eigenvalue weighted by atomic mass is 9.35. The fourth-order valence-corrected chi connectivity index (χ4v) is 7.13. The fraction of sp³-hybridized carbons (Fsp3) is 0. The lowest BCUT2D eigenvalue weighted by molar-refractivity contribution is 0.997. The van der Waals surface area contributed by atoms with E-state index in [9.17, 15) is 0 Å². The Hall–Kier alpha value is -5.23. The van der Waals surface area contributed by atoms with E-state index in [-0.39, 0.29) is 6.71 Å². The quantitative estimate of drug-likeness (QED) is 0.305. The Kier molecular flexibility index (Phi) is 3.46. The molecule has 6 heterocycles. The van der Waals surface area contributed by atoms with Gasteiger partial charge in [-0.25, -0.2) is 9.97 Å². The van der Waals surface area contributed by atoms with E-state index in [4.69, 9.17) is 9.97 Å². The largest absolute Gasteiger partial charge is 0.295 e. The second-order valence-electron chi connectivity index (χ2n) is 10.4. The highest BCUT2D eigenvalue weighted by atomic mass is 15.2. The highest BCUT2D eigenvalue weighted by molar-refractivity contribution is 7.00. The molecule has 8 aromatic rings. The van der Waals surface area contributed by atoms with Crippen molar-refractivity contribution in [1.29, 1.82) is 0 Å². The van der Waals surface area contributed by atoms with Gasteiger partial charge in [-0.1, -0.05) is 78.9 Å². The normalized spacial score (nSPS) is 13.1. The van der Waals surface area contributed by atoms with Gasteiger partial charge in [0.25, 0.3) is 6.71 Å². The second kappa shape index (κ2) is 6.80. The minimum Gasteiger partial charge on any atom is -0.295 e. The van der Waals surface area contributed by atoms with Gasteiger partial charge in [-0.3, -0.25) is 14.1 Å². The van der Waals surface area contributed by atoms with Crippen molar-refractivity contribution in [3.63, 3.8) is 0 Å². The Labute approximate surface area is 223 Å². The smallest absolute Gasteiger partial charge is 0.256 e. The maximum Gasteiger partial charge on any atom is 0.256 e. The molecule has 0 fully saturated rings. The molecule has 178 valence electrons. The number of para-hydroxylation sites is 4. The number of rotatable bonds is 1. The molecule has 0 bridgehead atoms. The predicted octanol–water partition coefficient (Wildman–Crippen LogP) is 4.88. The summed E-state index contributed by atoms with van der Waals surface area (Å²) in [4.78, 5) is 15.3. The Morgan fingerprint density at radius 2 is 1.05 bits per heavy atom. The molecule has 2 aliphatic heterocycles. The molecule has 2 aliphatic rings.